The second-order valence-electron chi connectivity index (χ2n) is 5.57. The van der Waals surface area contributed by atoms with E-state index in [1.807, 2.05) is 42.5 Å². The van der Waals surface area contributed by atoms with Crippen molar-refractivity contribution in [2.75, 3.05) is 5.32 Å². The number of hydrogen-bond donors (Lipinski definition) is 1. The van der Waals surface area contributed by atoms with Gasteiger partial charge in [-0.25, -0.2) is 0 Å². The van der Waals surface area contributed by atoms with Crippen LogP contribution in [0.2, 0.25) is 0 Å². The molecule has 0 aliphatic rings. The molecular formula is C21H18N3+. The molecule has 3 heteroatoms. The summed E-state index contributed by atoms with van der Waals surface area (Å²) >= 11 is 0. The van der Waals surface area contributed by atoms with Crippen molar-refractivity contribution >= 4 is 11.5 Å². The van der Waals surface area contributed by atoms with Crippen molar-refractivity contribution in [3.05, 3.63) is 104 Å². The average Bonchev–Trinajstić information content (AvgIpc) is 3.08. The first-order valence-corrected chi connectivity index (χ1v) is 7.97. The van der Waals surface area contributed by atoms with Gasteiger partial charge in [0.05, 0.1) is 0 Å². The SMILES string of the molecule is c1ccc(Nc2c[n+](-c3ccccc3)cn2-c2ccccc2)cc1. The maximum atomic E-state index is 3.50. The van der Waals surface area contributed by atoms with Crippen LogP contribution in [-0.2, 0) is 0 Å². The first kappa shape index (κ1) is 14.3. The van der Waals surface area contributed by atoms with Crippen LogP contribution >= 0.6 is 0 Å². The van der Waals surface area contributed by atoms with Crippen molar-refractivity contribution in [1.82, 2.24) is 4.57 Å². The van der Waals surface area contributed by atoms with Gasteiger partial charge in [-0.15, -0.1) is 0 Å². The van der Waals surface area contributed by atoms with E-state index in [2.05, 4.69) is 75.5 Å². The molecule has 0 unspecified atom stereocenters. The maximum absolute atomic E-state index is 3.50. The third-order valence-corrected chi connectivity index (χ3v) is 3.90. The molecule has 0 spiro atoms. The van der Waals surface area contributed by atoms with Crippen LogP contribution in [0.3, 0.4) is 0 Å². The second-order valence-corrected chi connectivity index (χ2v) is 5.57. The van der Waals surface area contributed by atoms with Crippen molar-refractivity contribution < 1.29 is 4.57 Å². The van der Waals surface area contributed by atoms with Crippen molar-refractivity contribution in [3.63, 3.8) is 0 Å². The molecule has 0 aliphatic heterocycles. The van der Waals surface area contributed by atoms with E-state index in [0.29, 0.717) is 0 Å². The number of hydrogen-bond acceptors (Lipinski definition) is 1. The van der Waals surface area contributed by atoms with E-state index in [9.17, 15) is 0 Å². The Hall–Kier alpha value is -3.33. The van der Waals surface area contributed by atoms with Crippen LogP contribution in [0.5, 0.6) is 0 Å². The quantitative estimate of drug-likeness (QED) is 0.550. The van der Waals surface area contributed by atoms with E-state index in [0.717, 1.165) is 22.9 Å². The molecule has 116 valence electrons. The van der Waals surface area contributed by atoms with Gasteiger partial charge in [0.2, 0.25) is 5.82 Å². The van der Waals surface area contributed by atoms with E-state index >= 15 is 0 Å². The molecule has 0 saturated heterocycles. The van der Waals surface area contributed by atoms with Gasteiger partial charge in [0.15, 0.2) is 6.20 Å². The Balaban J connectivity index is 1.80. The number of aromatic nitrogens is 2. The number of rotatable bonds is 4. The van der Waals surface area contributed by atoms with E-state index in [-0.39, 0.29) is 0 Å². The number of benzene rings is 3. The van der Waals surface area contributed by atoms with Crippen molar-refractivity contribution in [2.24, 2.45) is 0 Å². The third-order valence-electron chi connectivity index (χ3n) is 3.90. The maximum Gasteiger partial charge on any atom is 0.255 e. The van der Waals surface area contributed by atoms with Gasteiger partial charge in [-0.1, -0.05) is 54.6 Å². The fraction of sp³-hybridized carbons (Fsp3) is 0. The Kier molecular flexibility index (Phi) is 3.82. The summed E-state index contributed by atoms with van der Waals surface area (Å²) in [4.78, 5) is 0. The first-order chi connectivity index (χ1) is 11.9. The molecule has 3 nitrogen and oxygen atoms in total. The lowest BCUT2D eigenvalue weighted by molar-refractivity contribution is -0.594. The molecule has 0 saturated carbocycles. The molecule has 3 aromatic carbocycles. The minimum atomic E-state index is 1.01. The summed E-state index contributed by atoms with van der Waals surface area (Å²) in [5.41, 5.74) is 3.31. The van der Waals surface area contributed by atoms with E-state index in [4.69, 9.17) is 0 Å². The Labute approximate surface area is 141 Å². The highest BCUT2D eigenvalue weighted by Crippen LogP contribution is 2.20. The van der Waals surface area contributed by atoms with Gasteiger partial charge in [-0.05, 0) is 36.4 Å². The molecule has 0 amide bonds. The largest absolute Gasteiger partial charge is 0.319 e. The zero-order valence-electron chi connectivity index (χ0n) is 13.2. The minimum Gasteiger partial charge on any atom is -0.319 e. The molecule has 4 aromatic rings. The fourth-order valence-corrected chi connectivity index (χ4v) is 2.71. The smallest absolute Gasteiger partial charge is 0.255 e. The molecule has 0 aliphatic carbocycles. The van der Waals surface area contributed by atoms with Gasteiger partial charge in [0.1, 0.15) is 11.4 Å². The van der Waals surface area contributed by atoms with Crippen molar-refractivity contribution in [1.29, 1.82) is 0 Å². The number of para-hydroxylation sites is 3. The number of nitrogens with one attached hydrogen (secondary N) is 1. The lowest BCUT2D eigenvalue weighted by atomic mass is 10.3. The van der Waals surface area contributed by atoms with Gasteiger partial charge < -0.3 is 5.32 Å². The molecule has 1 N–H and O–H groups in total. The highest BCUT2D eigenvalue weighted by atomic mass is 15.2. The lowest BCUT2D eigenvalue weighted by Gasteiger charge is -2.04. The summed E-state index contributed by atoms with van der Waals surface area (Å²) in [7, 11) is 0. The number of nitrogens with zero attached hydrogens (tertiary/aromatic N) is 2. The zero-order chi connectivity index (χ0) is 16.2. The van der Waals surface area contributed by atoms with Gasteiger partial charge in [0, 0.05) is 5.69 Å². The van der Waals surface area contributed by atoms with Gasteiger partial charge in [-0.2, -0.15) is 9.13 Å². The Morgan fingerprint density at radius 3 is 1.92 bits per heavy atom. The Morgan fingerprint density at radius 1 is 0.667 bits per heavy atom. The summed E-state index contributed by atoms with van der Waals surface area (Å²) in [6.07, 6.45) is 4.20. The summed E-state index contributed by atoms with van der Waals surface area (Å²) in [6, 6.07) is 30.9. The molecule has 24 heavy (non-hydrogen) atoms. The highest BCUT2D eigenvalue weighted by molar-refractivity contribution is 5.57. The van der Waals surface area contributed by atoms with E-state index in [1.54, 1.807) is 0 Å². The zero-order valence-corrected chi connectivity index (χ0v) is 13.2. The predicted molar refractivity (Wildman–Crippen MR) is 97.0 cm³/mol. The Morgan fingerprint density at radius 2 is 1.25 bits per heavy atom. The molecule has 0 radical (unpaired) electrons. The molecular weight excluding hydrogens is 294 g/mol. The highest BCUT2D eigenvalue weighted by Gasteiger charge is 2.16. The first-order valence-electron chi connectivity index (χ1n) is 7.97. The van der Waals surface area contributed by atoms with Crippen LogP contribution < -0.4 is 9.88 Å². The van der Waals surface area contributed by atoms with Crippen LogP contribution in [0.15, 0.2) is 104 Å². The standard InChI is InChI=1S/C21H18N3/c1-4-10-18(11-5-1)22-21-16-23(19-12-6-2-7-13-19)17-24(21)20-14-8-3-9-15-20/h1-17,22H/q+1. The third kappa shape index (κ3) is 2.92. The predicted octanol–water partition coefficient (Wildman–Crippen LogP) is 4.50. The van der Waals surface area contributed by atoms with Crippen LogP contribution in [0.1, 0.15) is 0 Å². The Bertz CT molecular complexity index is 913. The van der Waals surface area contributed by atoms with Gasteiger partial charge in [0.25, 0.3) is 6.33 Å². The van der Waals surface area contributed by atoms with Crippen molar-refractivity contribution in [3.8, 4) is 11.4 Å². The van der Waals surface area contributed by atoms with Crippen LogP contribution in [0, 0.1) is 0 Å². The van der Waals surface area contributed by atoms with Crippen LogP contribution in [-0.4, -0.2) is 4.57 Å². The summed E-state index contributed by atoms with van der Waals surface area (Å²) in [5, 5.41) is 3.50. The lowest BCUT2D eigenvalue weighted by Crippen LogP contribution is -2.27. The normalized spacial score (nSPS) is 10.5. The monoisotopic (exact) mass is 312 g/mol. The molecule has 0 fully saturated rings. The summed E-state index contributed by atoms with van der Waals surface area (Å²) in [6.45, 7) is 0. The summed E-state index contributed by atoms with van der Waals surface area (Å²) in [5.74, 6) is 1.01. The van der Waals surface area contributed by atoms with E-state index in [1.165, 1.54) is 0 Å². The molecule has 0 atom stereocenters. The number of anilines is 2. The molecule has 0 bridgehead atoms. The van der Waals surface area contributed by atoms with Gasteiger partial charge in [-0.3, -0.25) is 0 Å². The second kappa shape index (κ2) is 6.42. The topological polar surface area (TPSA) is 20.8 Å². The molecule has 1 aromatic heterocycles. The van der Waals surface area contributed by atoms with Gasteiger partial charge >= 0.3 is 0 Å². The molecule has 1 heterocycles. The molecule has 4 rings (SSSR count). The number of imidazole rings is 1. The van der Waals surface area contributed by atoms with Crippen molar-refractivity contribution in [2.45, 2.75) is 0 Å². The summed E-state index contributed by atoms with van der Waals surface area (Å²) < 4.78 is 4.28. The average molecular weight is 312 g/mol. The van der Waals surface area contributed by atoms with Crippen LogP contribution in [0.4, 0.5) is 11.5 Å². The van der Waals surface area contributed by atoms with Crippen LogP contribution in [0.25, 0.3) is 11.4 Å². The minimum absolute atomic E-state index is 1.01. The fourth-order valence-electron chi connectivity index (χ4n) is 2.71. The van der Waals surface area contributed by atoms with E-state index < -0.39 is 0 Å².